The first kappa shape index (κ1) is 23.7. The molecular weight excluding hydrogens is 158 g/mol. The van der Waals surface area contributed by atoms with Crippen LogP contribution in [0.1, 0.15) is 0 Å². The van der Waals surface area contributed by atoms with Crippen LogP contribution >= 0.6 is 0 Å². The second-order valence-corrected chi connectivity index (χ2v) is 0. The first-order valence-electron chi connectivity index (χ1n) is 0. The first-order chi connectivity index (χ1) is 0. The van der Waals surface area contributed by atoms with Gasteiger partial charge in [0.15, 0.2) is 0 Å². The van der Waals surface area contributed by atoms with E-state index in [0.29, 0.717) is 0 Å². The van der Waals surface area contributed by atoms with Crippen LogP contribution in [-0.4, -0.2) is 119 Å². The van der Waals surface area contributed by atoms with Crippen LogP contribution in [0, 0.1) is 0 Å². The van der Waals surface area contributed by atoms with Crippen molar-refractivity contribution in [3.05, 3.63) is 0 Å². The Kier molecular flexibility index (Phi) is 92.9. The van der Waals surface area contributed by atoms with E-state index in [1.165, 1.54) is 0 Å². The van der Waals surface area contributed by atoms with Gasteiger partial charge in [-0.3, -0.25) is 0 Å². The van der Waals surface area contributed by atoms with E-state index in [4.69, 9.17) is 0 Å². The molecule has 4 heteroatoms. The first-order valence-corrected chi connectivity index (χ1v) is 0. The Labute approximate surface area is 131 Å². The van der Waals surface area contributed by atoms with Crippen LogP contribution in [0.15, 0.2) is 0 Å². The third-order valence-corrected chi connectivity index (χ3v) is 0. The molecule has 0 aliphatic carbocycles. The van der Waals surface area contributed by atoms with E-state index < -0.39 is 0 Å². The van der Waals surface area contributed by atoms with Gasteiger partial charge < -0.3 is 0 Å². The fraction of sp³-hybridized carbons (Fsp3) is 0. The molecule has 0 spiro atoms. The van der Waals surface area contributed by atoms with Crippen molar-refractivity contribution >= 4 is 119 Å². The molecule has 0 atom stereocenters. The summed E-state index contributed by atoms with van der Waals surface area (Å²) in [5.74, 6) is 0. The minimum absolute atomic E-state index is 0. The molecule has 0 aliphatic heterocycles. The van der Waals surface area contributed by atoms with Gasteiger partial charge in [-0.25, -0.2) is 0 Å². The van der Waals surface area contributed by atoms with Gasteiger partial charge in [0.1, 0.15) is 0 Å². The molecule has 0 saturated heterocycles. The number of hydrogen-bond donors (Lipinski definition) is 0. The second-order valence-electron chi connectivity index (χ2n) is 0. The molecule has 0 nitrogen and oxygen atoms in total. The summed E-state index contributed by atoms with van der Waals surface area (Å²) in [7, 11) is 0. The summed E-state index contributed by atoms with van der Waals surface area (Å²) < 4.78 is 0. The molecule has 0 aromatic heterocycles. The van der Waals surface area contributed by atoms with E-state index >= 15 is 0 Å². The Morgan fingerprint density at radius 1 is 1.00 bits per heavy atom. The Bertz CT molecular complexity index is 8.00. The molecule has 0 N–H and O–H groups in total. The van der Waals surface area contributed by atoms with E-state index in [0.717, 1.165) is 0 Å². The average molecular weight is 158 g/mol. The van der Waals surface area contributed by atoms with Crippen molar-refractivity contribution in [2.45, 2.75) is 0 Å². The smallest absolute Gasteiger partial charge is 0 e. The van der Waals surface area contributed by atoms with Crippen molar-refractivity contribution in [1.29, 1.82) is 0 Å². The van der Waals surface area contributed by atoms with Crippen LogP contribution in [0.3, 0.4) is 0 Å². The summed E-state index contributed by atoms with van der Waals surface area (Å²) in [5.41, 5.74) is 0. The van der Waals surface area contributed by atoms with Crippen LogP contribution in [0.25, 0.3) is 0 Å². The molecule has 4 heavy (non-hydrogen) atoms. The molecule has 0 aliphatic rings. The quantitative estimate of drug-likeness (QED) is 0.391. The zero-order chi connectivity index (χ0) is 0. The molecule has 0 rings (SSSR count). The van der Waals surface area contributed by atoms with Crippen molar-refractivity contribution in [3.8, 4) is 0 Å². The van der Waals surface area contributed by atoms with Crippen LogP contribution in [-0.2, 0) is 17.1 Å². The topological polar surface area (TPSA) is 0 Å². The summed E-state index contributed by atoms with van der Waals surface area (Å²) in [6, 6.07) is 0. The molecule has 0 amide bonds. The minimum Gasteiger partial charge on any atom is 0 e. The zero-order valence-corrected chi connectivity index (χ0v) is 11.5. The number of rotatable bonds is 0. The molecule has 0 aromatic rings. The van der Waals surface area contributed by atoms with Crippen LogP contribution in [0.4, 0.5) is 0 Å². The standard InChI is InChI=1S/Ca.Fe.K.Na. The second kappa shape index (κ2) is 15.7. The summed E-state index contributed by atoms with van der Waals surface area (Å²) in [6.45, 7) is 0. The van der Waals surface area contributed by atoms with E-state index in [1.54, 1.807) is 0 Å². The largest absolute Gasteiger partial charge is 0 e. The monoisotopic (exact) mass is 158 g/mol. The molecule has 0 aromatic carbocycles. The Hall–Kier alpha value is 4.42. The molecule has 0 unspecified atom stereocenters. The normalized spacial score (nSPS) is 0. The predicted molar refractivity (Wildman–Crippen MR) is 17.3 cm³/mol. The van der Waals surface area contributed by atoms with Gasteiger partial charge in [0.25, 0.3) is 0 Å². The van der Waals surface area contributed by atoms with Crippen LogP contribution < -0.4 is 0 Å². The SMILES string of the molecule is [Ca].[Fe].[K].[Na]. The Balaban J connectivity index is 0. The third kappa shape index (κ3) is 9.65. The van der Waals surface area contributed by atoms with Crippen molar-refractivity contribution in [3.63, 3.8) is 0 Å². The maximum atomic E-state index is 0. The van der Waals surface area contributed by atoms with Gasteiger partial charge in [-0.05, 0) is 0 Å². The van der Waals surface area contributed by atoms with Crippen LogP contribution in [0.2, 0.25) is 0 Å². The fourth-order valence-electron chi connectivity index (χ4n) is 0. The van der Waals surface area contributed by atoms with E-state index in [-0.39, 0.29) is 136 Å². The Morgan fingerprint density at radius 2 is 1.00 bits per heavy atom. The summed E-state index contributed by atoms with van der Waals surface area (Å²) in [4.78, 5) is 0. The fourth-order valence-corrected chi connectivity index (χ4v) is 0. The molecule has 0 heterocycles. The molecule has 12 valence electrons. The van der Waals surface area contributed by atoms with Gasteiger partial charge in [0, 0.05) is 136 Å². The van der Waals surface area contributed by atoms with Crippen LogP contribution in [0.5, 0.6) is 0 Å². The van der Waals surface area contributed by atoms with Gasteiger partial charge in [0.2, 0.25) is 0 Å². The van der Waals surface area contributed by atoms with Gasteiger partial charge >= 0.3 is 0 Å². The van der Waals surface area contributed by atoms with E-state index in [1.807, 2.05) is 0 Å². The Morgan fingerprint density at radius 3 is 1.00 bits per heavy atom. The van der Waals surface area contributed by atoms with Gasteiger partial charge in [-0.2, -0.15) is 0 Å². The molecule has 4 radical (unpaired) electrons. The molecule has 0 bridgehead atoms. The summed E-state index contributed by atoms with van der Waals surface area (Å²) in [6.07, 6.45) is 0. The van der Waals surface area contributed by atoms with E-state index in [9.17, 15) is 0 Å². The minimum atomic E-state index is 0. The summed E-state index contributed by atoms with van der Waals surface area (Å²) in [5, 5.41) is 0. The number of hydrogen-bond acceptors (Lipinski definition) is 0. The van der Waals surface area contributed by atoms with Crippen molar-refractivity contribution in [2.75, 3.05) is 0 Å². The summed E-state index contributed by atoms with van der Waals surface area (Å²) >= 11 is 0. The maximum Gasteiger partial charge on any atom is 0 e. The van der Waals surface area contributed by atoms with Gasteiger partial charge in [-0.15, -0.1) is 0 Å². The average Bonchev–Trinajstić information content (AvgIpc) is 0. The molecule has 0 saturated carbocycles. The molecular formula is CaFeKNa. The van der Waals surface area contributed by atoms with Crippen molar-refractivity contribution < 1.29 is 17.1 Å². The predicted octanol–water partition coefficient (Wildman–Crippen LogP) is -1.14. The van der Waals surface area contributed by atoms with E-state index in [2.05, 4.69) is 0 Å². The van der Waals surface area contributed by atoms with Gasteiger partial charge in [-0.1, -0.05) is 0 Å². The third-order valence-electron chi connectivity index (χ3n) is 0. The zero-order valence-electron chi connectivity index (χ0n) is 3.06. The van der Waals surface area contributed by atoms with Crippen molar-refractivity contribution in [1.82, 2.24) is 0 Å². The van der Waals surface area contributed by atoms with Gasteiger partial charge in [0.05, 0.1) is 0 Å². The molecule has 0 fully saturated rings. The van der Waals surface area contributed by atoms with Crippen molar-refractivity contribution in [2.24, 2.45) is 0 Å². The maximum absolute atomic E-state index is 0.